The van der Waals surface area contributed by atoms with E-state index in [-0.39, 0.29) is 0 Å². The summed E-state index contributed by atoms with van der Waals surface area (Å²) in [5.74, 6) is 0.706. The van der Waals surface area contributed by atoms with Gasteiger partial charge in [-0.3, -0.25) is 4.21 Å². The van der Waals surface area contributed by atoms with Crippen LogP contribution < -0.4 is 0 Å². The van der Waals surface area contributed by atoms with Crippen LogP contribution in [0, 0.1) is 0 Å². The van der Waals surface area contributed by atoms with Crippen molar-refractivity contribution >= 4 is 10.8 Å². The number of aryl methyl sites for hydroxylation is 1. The molecule has 2 heterocycles. The lowest BCUT2D eigenvalue weighted by Crippen LogP contribution is -1.90. The molecule has 0 fully saturated rings. The Kier molecular flexibility index (Phi) is 1.95. The second-order valence-corrected chi connectivity index (χ2v) is 4.98. The number of benzene rings is 1. The number of rotatable bonds is 1. The molecule has 0 bridgehead atoms. The molecule has 0 saturated heterocycles. The maximum Gasteiger partial charge on any atom is 0.199 e. The maximum absolute atomic E-state index is 11.5. The van der Waals surface area contributed by atoms with Crippen LogP contribution in [0.25, 0.3) is 11.3 Å². The minimum absolute atomic E-state index is 0.706. The highest BCUT2D eigenvalue weighted by atomic mass is 32.2. The van der Waals surface area contributed by atoms with Crippen LogP contribution in [0.2, 0.25) is 0 Å². The first kappa shape index (κ1) is 8.85. The molecular formula is C11H10N2OS. The Morgan fingerprint density at radius 3 is 2.80 bits per heavy atom. The van der Waals surface area contributed by atoms with Gasteiger partial charge in [-0.15, -0.1) is 0 Å². The summed E-state index contributed by atoms with van der Waals surface area (Å²) in [6.45, 7) is 0.821. The van der Waals surface area contributed by atoms with Gasteiger partial charge in [0.2, 0.25) is 0 Å². The van der Waals surface area contributed by atoms with E-state index >= 15 is 0 Å². The van der Waals surface area contributed by atoms with Crippen molar-refractivity contribution in [1.29, 1.82) is 0 Å². The predicted molar refractivity (Wildman–Crippen MR) is 58.9 cm³/mol. The molecule has 1 aromatic carbocycles. The lowest BCUT2D eigenvalue weighted by atomic mass is 10.2. The van der Waals surface area contributed by atoms with Gasteiger partial charge < -0.3 is 4.57 Å². The second-order valence-electron chi connectivity index (χ2n) is 3.52. The summed E-state index contributed by atoms with van der Waals surface area (Å²) < 4.78 is 13.5. The van der Waals surface area contributed by atoms with E-state index in [2.05, 4.69) is 4.98 Å². The van der Waals surface area contributed by atoms with Gasteiger partial charge in [-0.05, 0) is 0 Å². The van der Waals surface area contributed by atoms with Gasteiger partial charge in [0.1, 0.15) is 0 Å². The van der Waals surface area contributed by atoms with Crippen molar-refractivity contribution in [2.75, 3.05) is 5.75 Å². The minimum atomic E-state index is -0.899. The Labute approximate surface area is 90.2 Å². The molecule has 0 radical (unpaired) electrons. The number of hydrogen-bond acceptors (Lipinski definition) is 2. The summed E-state index contributed by atoms with van der Waals surface area (Å²) in [4.78, 5) is 4.40. The molecule has 1 aliphatic rings. The van der Waals surface area contributed by atoms with Crippen molar-refractivity contribution < 1.29 is 4.21 Å². The van der Waals surface area contributed by atoms with Gasteiger partial charge in [0.25, 0.3) is 0 Å². The molecule has 0 N–H and O–H groups in total. The average molecular weight is 218 g/mol. The molecule has 76 valence electrons. The Balaban J connectivity index is 2.09. The molecule has 4 heteroatoms. The van der Waals surface area contributed by atoms with Crippen molar-refractivity contribution in [3.05, 3.63) is 36.5 Å². The fourth-order valence-corrected chi connectivity index (χ4v) is 2.91. The molecule has 3 rings (SSSR count). The van der Waals surface area contributed by atoms with Gasteiger partial charge in [-0.25, -0.2) is 4.98 Å². The minimum Gasteiger partial charge on any atom is -0.322 e. The molecule has 15 heavy (non-hydrogen) atoms. The van der Waals surface area contributed by atoms with Crippen molar-refractivity contribution in [3.8, 4) is 11.3 Å². The van der Waals surface area contributed by atoms with E-state index in [0.29, 0.717) is 10.9 Å². The Morgan fingerprint density at radius 1 is 1.27 bits per heavy atom. The lowest BCUT2D eigenvalue weighted by Gasteiger charge is -1.94. The van der Waals surface area contributed by atoms with E-state index in [1.54, 1.807) is 0 Å². The molecule has 1 unspecified atom stereocenters. The third-order valence-corrected chi connectivity index (χ3v) is 3.82. The first-order valence-corrected chi connectivity index (χ1v) is 6.17. The van der Waals surface area contributed by atoms with Gasteiger partial charge in [0.05, 0.1) is 16.5 Å². The zero-order valence-corrected chi connectivity index (χ0v) is 8.91. The molecule has 0 aliphatic carbocycles. The first-order chi connectivity index (χ1) is 7.34. The molecule has 1 atom stereocenters. The zero-order valence-electron chi connectivity index (χ0n) is 8.09. The van der Waals surface area contributed by atoms with E-state index in [1.807, 2.05) is 41.1 Å². The fraction of sp³-hybridized carbons (Fsp3) is 0.182. The van der Waals surface area contributed by atoms with Crippen LogP contribution in [0.15, 0.2) is 41.7 Å². The smallest absolute Gasteiger partial charge is 0.199 e. The highest BCUT2D eigenvalue weighted by Gasteiger charge is 2.21. The van der Waals surface area contributed by atoms with Crippen molar-refractivity contribution in [2.24, 2.45) is 0 Å². The topological polar surface area (TPSA) is 34.9 Å². The summed E-state index contributed by atoms with van der Waals surface area (Å²) in [7, 11) is -0.899. The summed E-state index contributed by atoms with van der Waals surface area (Å²) in [6, 6.07) is 9.97. The summed E-state index contributed by atoms with van der Waals surface area (Å²) in [5, 5.41) is 0.717. The molecule has 0 spiro atoms. The number of aromatic nitrogens is 2. The van der Waals surface area contributed by atoms with E-state index in [1.165, 1.54) is 0 Å². The Hall–Kier alpha value is -1.42. The standard InChI is InChI=1S/C11H10N2OS/c14-15-7-6-13-8-10(12-11(13)15)9-4-2-1-3-5-9/h1-5,8H,6-7H2. The lowest BCUT2D eigenvalue weighted by molar-refractivity contribution is 0.679. The summed E-state index contributed by atoms with van der Waals surface area (Å²) in [6.07, 6.45) is 1.98. The van der Waals surface area contributed by atoms with Crippen molar-refractivity contribution in [2.45, 2.75) is 11.7 Å². The average Bonchev–Trinajstić information content (AvgIpc) is 2.83. The third kappa shape index (κ3) is 1.41. The van der Waals surface area contributed by atoms with E-state index < -0.39 is 10.8 Å². The normalized spacial score (nSPS) is 19.1. The monoisotopic (exact) mass is 218 g/mol. The van der Waals surface area contributed by atoms with Crippen LogP contribution >= 0.6 is 0 Å². The molecule has 3 nitrogen and oxygen atoms in total. The SMILES string of the molecule is O=S1CCn2cc(-c3ccccc3)nc21. The van der Waals surface area contributed by atoms with Gasteiger partial charge >= 0.3 is 0 Å². The Morgan fingerprint density at radius 2 is 2.07 bits per heavy atom. The van der Waals surface area contributed by atoms with Gasteiger partial charge in [0.15, 0.2) is 5.16 Å². The third-order valence-electron chi connectivity index (χ3n) is 2.53. The quantitative estimate of drug-likeness (QED) is 0.729. The van der Waals surface area contributed by atoms with Gasteiger partial charge in [0, 0.05) is 24.1 Å². The zero-order chi connectivity index (χ0) is 10.3. The van der Waals surface area contributed by atoms with Crippen LogP contribution in [0.4, 0.5) is 0 Å². The van der Waals surface area contributed by atoms with Crippen LogP contribution in [0.3, 0.4) is 0 Å². The van der Waals surface area contributed by atoms with E-state index in [0.717, 1.165) is 17.8 Å². The second kappa shape index (κ2) is 3.31. The number of nitrogens with zero attached hydrogens (tertiary/aromatic N) is 2. The Bertz CT molecular complexity index is 519. The van der Waals surface area contributed by atoms with Crippen molar-refractivity contribution in [1.82, 2.24) is 9.55 Å². The molecule has 0 saturated carbocycles. The molecule has 1 aromatic heterocycles. The predicted octanol–water partition coefficient (Wildman–Crippen LogP) is 1.67. The van der Waals surface area contributed by atoms with Crippen LogP contribution in [0.1, 0.15) is 0 Å². The van der Waals surface area contributed by atoms with E-state index in [9.17, 15) is 4.21 Å². The summed E-state index contributed by atoms with van der Waals surface area (Å²) >= 11 is 0. The summed E-state index contributed by atoms with van der Waals surface area (Å²) in [5.41, 5.74) is 2.00. The highest BCUT2D eigenvalue weighted by Crippen LogP contribution is 2.22. The van der Waals surface area contributed by atoms with Crippen LogP contribution in [-0.2, 0) is 17.3 Å². The number of fused-ring (bicyclic) bond motifs is 1. The molecule has 1 aliphatic heterocycles. The molecule has 0 amide bonds. The number of imidazole rings is 1. The molecular weight excluding hydrogens is 208 g/mol. The highest BCUT2D eigenvalue weighted by molar-refractivity contribution is 7.85. The first-order valence-electron chi connectivity index (χ1n) is 4.85. The van der Waals surface area contributed by atoms with E-state index in [4.69, 9.17) is 0 Å². The number of hydrogen-bond donors (Lipinski definition) is 0. The fourth-order valence-electron chi connectivity index (χ4n) is 1.76. The van der Waals surface area contributed by atoms with Crippen LogP contribution in [-0.4, -0.2) is 19.5 Å². The van der Waals surface area contributed by atoms with Gasteiger partial charge in [-0.2, -0.15) is 0 Å². The van der Waals surface area contributed by atoms with Crippen molar-refractivity contribution in [3.63, 3.8) is 0 Å². The van der Waals surface area contributed by atoms with Crippen LogP contribution in [0.5, 0.6) is 0 Å². The largest absolute Gasteiger partial charge is 0.322 e. The maximum atomic E-state index is 11.5. The van der Waals surface area contributed by atoms with Gasteiger partial charge in [-0.1, -0.05) is 30.3 Å². The molecule has 2 aromatic rings.